The van der Waals surface area contributed by atoms with Crippen LogP contribution in [0, 0.1) is 5.92 Å². The number of halogens is 2. The van der Waals surface area contributed by atoms with Crippen LogP contribution < -0.4 is 5.32 Å². The predicted molar refractivity (Wildman–Crippen MR) is 68.3 cm³/mol. The third kappa shape index (κ3) is 2.74. The van der Waals surface area contributed by atoms with Crippen LogP contribution in [0.2, 0.25) is 5.02 Å². The Morgan fingerprint density at radius 3 is 2.80 bits per heavy atom. The molecule has 1 aliphatic rings. The number of benzene rings is 1. The zero-order valence-corrected chi connectivity index (χ0v) is 11.1. The Morgan fingerprint density at radius 1 is 1.53 bits per heavy atom. The van der Waals surface area contributed by atoms with Crippen LogP contribution in [0.1, 0.15) is 31.4 Å². The van der Waals surface area contributed by atoms with E-state index in [2.05, 4.69) is 40.3 Å². The molecule has 1 unspecified atom stereocenters. The molecule has 0 amide bonds. The van der Waals surface area contributed by atoms with Crippen LogP contribution in [0.3, 0.4) is 0 Å². The van der Waals surface area contributed by atoms with E-state index in [0.29, 0.717) is 6.04 Å². The van der Waals surface area contributed by atoms with E-state index in [0.717, 1.165) is 22.0 Å². The van der Waals surface area contributed by atoms with Gasteiger partial charge in [-0.3, -0.25) is 0 Å². The standard InChI is InChI=1S/C12H15BrClN/c1-2-15-12(8-3-4-8)9-5-6-11(14)10(13)7-9/h5-8,12,15H,2-4H2,1H3. The SMILES string of the molecule is CCNC(c1ccc(Cl)c(Br)c1)C1CC1. The summed E-state index contributed by atoms with van der Waals surface area (Å²) in [4.78, 5) is 0. The molecule has 1 N–H and O–H groups in total. The van der Waals surface area contributed by atoms with Crippen LogP contribution in [-0.4, -0.2) is 6.54 Å². The Bertz CT molecular complexity index is 349. The highest BCUT2D eigenvalue weighted by Gasteiger charge is 2.31. The minimum absolute atomic E-state index is 0.503. The number of hydrogen-bond donors (Lipinski definition) is 1. The molecule has 1 aromatic rings. The summed E-state index contributed by atoms with van der Waals surface area (Å²) in [6.45, 7) is 3.17. The van der Waals surface area contributed by atoms with Crippen LogP contribution in [-0.2, 0) is 0 Å². The summed E-state index contributed by atoms with van der Waals surface area (Å²) in [6, 6.07) is 6.73. The molecule has 0 radical (unpaired) electrons. The smallest absolute Gasteiger partial charge is 0.0548 e. The lowest BCUT2D eigenvalue weighted by molar-refractivity contribution is 0.496. The summed E-state index contributed by atoms with van der Waals surface area (Å²) >= 11 is 9.47. The van der Waals surface area contributed by atoms with Crippen LogP contribution >= 0.6 is 27.5 Å². The number of hydrogen-bond acceptors (Lipinski definition) is 1. The van der Waals surface area contributed by atoms with Crippen LogP contribution in [0.4, 0.5) is 0 Å². The van der Waals surface area contributed by atoms with Gasteiger partial charge < -0.3 is 5.32 Å². The van der Waals surface area contributed by atoms with Crippen molar-refractivity contribution in [2.24, 2.45) is 5.92 Å². The summed E-state index contributed by atoms with van der Waals surface area (Å²) in [6.07, 6.45) is 2.69. The fraction of sp³-hybridized carbons (Fsp3) is 0.500. The molecule has 0 spiro atoms. The molecule has 1 aliphatic carbocycles. The lowest BCUT2D eigenvalue weighted by Crippen LogP contribution is -2.22. The molecule has 0 aromatic heterocycles. The van der Waals surface area contributed by atoms with E-state index < -0.39 is 0 Å². The first-order valence-electron chi connectivity index (χ1n) is 5.40. The fourth-order valence-corrected chi connectivity index (χ4v) is 2.43. The Hall–Kier alpha value is -0.0500. The van der Waals surface area contributed by atoms with Crippen molar-refractivity contribution >= 4 is 27.5 Å². The maximum atomic E-state index is 5.99. The van der Waals surface area contributed by atoms with Gasteiger partial charge in [0.25, 0.3) is 0 Å². The number of nitrogens with one attached hydrogen (secondary N) is 1. The van der Waals surface area contributed by atoms with Crippen molar-refractivity contribution in [2.75, 3.05) is 6.54 Å². The van der Waals surface area contributed by atoms with Crippen molar-refractivity contribution in [1.29, 1.82) is 0 Å². The molecule has 15 heavy (non-hydrogen) atoms. The molecule has 0 saturated heterocycles. The van der Waals surface area contributed by atoms with E-state index in [1.807, 2.05) is 6.07 Å². The minimum Gasteiger partial charge on any atom is -0.310 e. The molecule has 2 rings (SSSR count). The van der Waals surface area contributed by atoms with Gasteiger partial charge in [-0.25, -0.2) is 0 Å². The van der Waals surface area contributed by atoms with Crippen LogP contribution in [0.25, 0.3) is 0 Å². The number of rotatable bonds is 4. The van der Waals surface area contributed by atoms with Gasteiger partial charge in [0.05, 0.1) is 5.02 Å². The summed E-state index contributed by atoms with van der Waals surface area (Å²) < 4.78 is 0.991. The topological polar surface area (TPSA) is 12.0 Å². The van der Waals surface area contributed by atoms with Gasteiger partial charge in [0, 0.05) is 10.5 Å². The maximum absolute atomic E-state index is 5.99. The lowest BCUT2D eigenvalue weighted by atomic mass is 10.0. The summed E-state index contributed by atoms with van der Waals surface area (Å²) in [5, 5.41) is 4.33. The van der Waals surface area contributed by atoms with Crippen molar-refractivity contribution in [3.05, 3.63) is 33.3 Å². The zero-order chi connectivity index (χ0) is 10.8. The Balaban J connectivity index is 2.21. The third-order valence-corrected chi connectivity index (χ3v) is 4.03. The summed E-state index contributed by atoms with van der Waals surface area (Å²) in [7, 11) is 0. The van der Waals surface area contributed by atoms with E-state index in [1.165, 1.54) is 18.4 Å². The van der Waals surface area contributed by atoms with E-state index in [9.17, 15) is 0 Å². The van der Waals surface area contributed by atoms with Gasteiger partial charge in [-0.2, -0.15) is 0 Å². The average Bonchev–Trinajstić information content (AvgIpc) is 3.02. The van der Waals surface area contributed by atoms with Gasteiger partial charge in [0.2, 0.25) is 0 Å². The molecule has 0 bridgehead atoms. The van der Waals surface area contributed by atoms with E-state index >= 15 is 0 Å². The van der Waals surface area contributed by atoms with Gasteiger partial charge in [-0.1, -0.05) is 24.6 Å². The minimum atomic E-state index is 0.503. The molecular formula is C12H15BrClN. The zero-order valence-electron chi connectivity index (χ0n) is 8.76. The highest BCUT2D eigenvalue weighted by molar-refractivity contribution is 9.10. The predicted octanol–water partition coefficient (Wildman–Crippen LogP) is 4.16. The van der Waals surface area contributed by atoms with Gasteiger partial charge in [0.1, 0.15) is 0 Å². The lowest BCUT2D eigenvalue weighted by Gasteiger charge is -2.18. The van der Waals surface area contributed by atoms with E-state index in [4.69, 9.17) is 11.6 Å². The summed E-state index contributed by atoms with van der Waals surface area (Å²) in [5.74, 6) is 0.818. The molecular weight excluding hydrogens is 273 g/mol. The van der Waals surface area contributed by atoms with Crippen molar-refractivity contribution in [3.63, 3.8) is 0 Å². The van der Waals surface area contributed by atoms with Gasteiger partial charge >= 0.3 is 0 Å². The summed E-state index contributed by atoms with van der Waals surface area (Å²) in [5.41, 5.74) is 1.34. The molecule has 1 saturated carbocycles. The van der Waals surface area contributed by atoms with Gasteiger partial charge in [-0.15, -0.1) is 0 Å². The Labute approximate surface area is 104 Å². The average molecular weight is 289 g/mol. The Kier molecular flexibility index (Phi) is 3.70. The van der Waals surface area contributed by atoms with E-state index in [-0.39, 0.29) is 0 Å². The molecule has 1 atom stereocenters. The van der Waals surface area contributed by atoms with Crippen molar-refractivity contribution in [3.8, 4) is 0 Å². The molecule has 0 aliphatic heterocycles. The Morgan fingerprint density at radius 2 is 2.27 bits per heavy atom. The van der Waals surface area contributed by atoms with E-state index in [1.54, 1.807) is 0 Å². The largest absolute Gasteiger partial charge is 0.310 e. The van der Waals surface area contributed by atoms with Crippen molar-refractivity contribution in [1.82, 2.24) is 5.32 Å². The maximum Gasteiger partial charge on any atom is 0.0548 e. The fourth-order valence-electron chi connectivity index (χ4n) is 1.91. The molecule has 3 heteroatoms. The molecule has 0 heterocycles. The third-order valence-electron chi connectivity index (χ3n) is 2.82. The first-order valence-corrected chi connectivity index (χ1v) is 6.57. The second kappa shape index (κ2) is 4.86. The second-order valence-corrected chi connectivity index (χ2v) is 5.31. The molecule has 1 nitrogen and oxygen atoms in total. The van der Waals surface area contributed by atoms with Crippen LogP contribution in [0.15, 0.2) is 22.7 Å². The van der Waals surface area contributed by atoms with Crippen molar-refractivity contribution < 1.29 is 0 Å². The van der Waals surface area contributed by atoms with Crippen molar-refractivity contribution in [2.45, 2.75) is 25.8 Å². The van der Waals surface area contributed by atoms with Gasteiger partial charge in [0.15, 0.2) is 0 Å². The highest BCUT2D eigenvalue weighted by Crippen LogP contribution is 2.41. The molecule has 1 fully saturated rings. The second-order valence-electron chi connectivity index (χ2n) is 4.05. The van der Waals surface area contributed by atoms with Gasteiger partial charge in [-0.05, 0) is 58.9 Å². The molecule has 82 valence electrons. The highest BCUT2D eigenvalue weighted by atomic mass is 79.9. The van der Waals surface area contributed by atoms with Crippen LogP contribution in [0.5, 0.6) is 0 Å². The quantitative estimate of drug-likeness (QED) is 0.877. The first kappa shape index (κ1) is 11.4. The molecule has 1 aromatic carbocycles. The first-order chi connectivity index (χ1) is 7.22. The normalized spacial score (nSPS) is 17.8. The monoisotopic (exact) mass is 287 g/mol.